The van der Waals surface area contributed by atoms with Gasteiger partial charge in [-0.25, -0.2) is 10.6 Å². The quantitative estimate of drug-likeness (QED) is 0.154. The SMILES string of the molecule is O=C(Cn1c2ccccc2c(=O)c2ccccc21)N/N=C/c1cc(I)c(O)c([N+](=O)O)c1. The number of nitrogens with zero attached hydrogens (tertiary/aromatic N) is 3. The fraction of sp³-hybridized carbons (Fsp3) is 0.0455. The molecule has 32 heavy (non-hydrogen) atoms. The Bertz CT molecular complexity index is 1420. The molecule has 3 aromatic carbocycles. The summed E-state index contributed by atoms with van der Waals surface area (Å²) < 4.78 is 2.08. The molecule has 10 heteroatoms. The Balaban J connectivity index is 1.62. The lowest BCUT2D eigenvalue weighted by Crippen LogP contribution is -2.25. The molecule has 1 aromatic heterocycles. The number of aromatic hydroxyl groups is 1. The minimum absolute atomic E-state index is 0.0814. The van der Waals surface area contributed by atoms with Crippen LogP contribution in [0.15, 0.2) is 70.6 Å². The highest BCUT2D eigenvalue weighted by atomic mass is 127. The summed E-state index contributed by atoms with van der Waals surface area (Å²) in [6.45, 7) is -0.0814. The monoisotopic (exact) mass is 543 g/mol. The van der Waals surface area contributed by atoms with Crippen LogP contribution in [0.25, 0.3) is 21.8 Å². The van der Waals surface area contributed by atoms with Crippen molar-refractivity contribution in [1.29, 1.82) is 0 Å². The number of pyridine rings is 1. The van der Waals surface area contributed by atoms with Crippen LogP contribution >= 0.6 is 22.6 Å². The number of amides is 1. The molecule has 0 atom stereocenters. The van der Waals surface area contributed by atoms with E-state index in [0.29, 0.717) is 30.9 Å². The highest BCUT2D eigenvalue weighted by molar-refractivity contribution is 14.1. The minimum atomic E-state index is -0.444. The van der Waals surface area contributed by atoms with Gasteiger partial charge >= 0.3 is 5.69 Å². The Labute approximate surface area is 194 Å². The number of aromatic nitrogens is 1. The zero-order chi connectivity index (χ0) is 22.8. The summed E-state index contributed by atoms with van der Waals surface area (Å²) in [6.07, 6.45) is 1.29. The second kappa shape index (κ2) is 8.75. The summed E-state index contributed by atoms with van der Waals surface area (Å²) in [5.74, 6) is -0.789. The maximum absolute atomic E-state index is 12.8. The number of para-hydroxylation sites is 2. The number of hydrogen-bond acceptors (Lipinski definition) is 5. The molecule has 3 N–H and O–H groups in total. The zero-order valence-corrected chi connectivity index (χ0v) is 18.6. The first kappa shape index (κ1) is 21.4. The average Bonchev–Trinajstić information content (AvgIpc) is 2.78. The lowest BCUT2D eigenvalue weighted by atomic mass is 10.1. The van der Waals surface area contributed by atoms with Gasteiger partial charge in [-0.3, -0.25) is 9.59 Å². The molecular weight excluding hydrogens is 527 g/mol. The molecule has 0 unspecified atom stereocenters. The summed E-state index contributed by atoms with van der Waals surface area (Å²) in [6, 6.07) is 16.9. The summed E-state index contributed by atoms with van der Waals surface area (Å²) in [5, 5.41) is 23.8. The normalized spacial score (nSPS) is 11.3. The predicted octanol–water partition coefficient (Wildman–Crippen LogP) is 3.41. The predicted molar refractivity (Wildman–Crippen MR) is 127 cm³/mol. The fourth-order valence-electron chi connectivity index (χ4n) is 3.43. The van der Waals surface area contributed by atoms with Crippen LogP contribution in [-0.4, -0.2) is 31.9 Å². The van der Waals surface area contributed by atoms with Crippen LogP contribution in [0.5, 0.6) is 5.75 Å². The topological polar surface area (TPSA) is 124 Å². The van der Waals surface area contributed by atoms with E-state index in [1.165, 1.54) is 18.3 Å². The van der Waals surface area contributed by atoms with Crippen molar-refractivity contribution < 1.29 is 20.0 Å². The first-order valence-corrected chi connectivity index (χ1v) is 10.5. The number of carbonyl (C=O) groups excluding carboxylic acids is 1. The average molecular weight is 543 g/mol. The van der Waals surface area contributed by atoms with Crippen LogP contribution in [0.1, 0.15) is 5.56 Å². The molecular formula is C22H16IN4O5+. The molecule has 0 aliphatic carbocycles. The van der Waals surface area contributed by atoms with E-state index in [4.69, 9.17) is 5.21 Å². The van der Waals surface area contributed by atoms with Gasteiger partial charge in [0.05, 0.1) is 25.7 Å². The van der Waals surface area contributed by atoms with Gasteiger partial charge < -0.3 is 9.67 Å². The third-order valence-electron chi connectivity index (χ3n) is 4.86. The first-order valence-electron chi connectivity index (χ1n) is 9.37. The number of hydrogen-bond donors (Lipinski definition) is 3. The summed E-state index contributed by atoms with van der Waals surface area (Å²) in [4.78, 5) is 36.1. The Morgan fingerprint density at radius 3 is 2.28 bits per heavy atom. The Morgan fingerprint density at radius 1 is 1.09 bits per heavy atom. The number of hydrazone groups is 1. The maximum Gasteiger partial charge on any atom is 0.359 e. The van der Waals surface area contributed by atoms with E-state index in [1.807, 2.05) is 0 Å². The third kappa shape index (κ3) is 4.04. The van der Waals surface area contributed by atoms with E-state index in [2.05, 4.69) is 10.5 Å². The van der Waals surface area contributed by atoms with Crippen molar-refractivity contribution in [1.82, 2.24) is 9.99 Å². The van der Waals surface area contributed by atoms with E-state index in [1.54, 1.807) is 75.7 Å². The van der Waals surface area contributed by atoms with Gasteiger partial charge in [0, 0.05) is 22.4 Å². The molecule has 0 aliphatic rings. The van der Waals surface area contributed by atoms with Crippen LogP contribution < -0.4 is 10.9 Å². The molecule has 0 saturated carbocycles. The second-order valence-corrected chi connectivity index (χ2v) is 8.05. The highest BCUT2D eigenvalue weighted by Gasteiger charge is 2.22. The standard InChI is InChI=1S/C22H15IN4O5/c23-16-9-13(10-19(22(16)30)27(31)32)11-24-25-20(28)12-26-17-7-3-1-5-14(17)21(29)15-6-2-4-8-18(15)26/h1-11H,12H2,(H2-,24,25,28,30,31,32)/p+1. The van der Waals surface area contributed by atoms with Gasteiger partial charge in [0.15, 0.2) is 5.43 Å². The van der Waals surface area contributed by atoms with Crippen molar-refractivity contribution in [3.05, 3.63) is 84.9 Å². The molecule has 160 valence electrons. The van der Waals surface area contributed by atoms with Crippen molar-refractivity contribution in [2.75, 3.05) is 0 Å². The van der Waals surface area contributed by atoms with Gasteiger partial charge in [-0.05, 0) is 52.9 Å². The number of carbonyl (C=O) groups is 1. The third-order valence-corrected chi connectivity index (χ3v) is 5.68. The molecule has 0 saturated heterocycles. The van der Waals surface area contributed by atoms with Gasteiger partial charge in [-0.15, -0.1) is 0 Å². The molecule has 0 radical (unpaired) electrons. The summed E-state index contributed by atoms with van der Waals surface area (Å²) in [7, 11) is 0. The van der Waals surface area contributed by atoms with Crippen molar-refractivity contribution >= 4 is 62.2 Å². The first-order chi connectivity index (χ1) is 15.4. The Kier molecular flexibility index (Phi) is 5.86. The molecule has 0 aliphatic heterocycles. The minimum Gasteiger partial charge on any atom is -0.501 e. The van der Waals surface area contributed by atoms with E-state index in [-0.39, 0.29) is 23.4 Å². The van der Waals surface area contributed by atoms with Crippen LogP contribution in [0, 0.1) is 8.48 Å². The van der Waals surface area contributed by atoms with Crippen LogP contribution in [-0.2, 0) is 11.3 Å². The lowest BCUT2D eigenvalue weighted by molar-refractivity contribution is -0.730. The number of halogens is 1. The van der Waals surface area contributed by atoms with Gasteiger partial charge in [0.25, 0.3) is 10.8 Å². The van der Waals surface area contributed by atoms with Gasteiger partial charge in [0.2, 0.25) is 5.75 Å². The zero-order valence-electron chi connectivity index (χ0n) is 16.4. The van der Waals surface area contributed by atoms with E-state index < -0.39 is 10.8 Å². The molecule has 4 aromatic rings. The van der Waals surface area contributed by atoms with Crippen LogP contribution in [0.3, 0.4) is 0 Å². The smallest absolute Gasteiger partial charge is 0.359 e. The second-order valence-electron chi connectivity index (χ2n) is 6.89. The fourth-order valence-corrected chi connectivity index (χ4v) is 4.07. The summed E-state index contributed by atoms with van der Waals surface area (Å²) >= 11 is 1.80. The number of fused-ring (bicyclic) bond motifs is 2. The Morgan fingerprint density at radius 2 is 1.69 bits per heavy atom. The van der Waals surface area contributed by atoms with E-state index >= 15 is 0 Å². The molecule has 1 heterocycles. The van der Waals surface area contributed by atoms with Crippen molar-refractivity contribution in [3.8, 4) is 5.75 Å². The molecule has 4 rings (SSSR count). The highest BCUT2D eigenvalue weighted by Crippen LogP contribution is 2.31. The largest absolute Gasteiger partial charge is 0.501 e. The molecule has 0 bridgehead atoms. The molecule has 9 nitrogen and oxygen atoms in total. The van der Waals surface area contributed by atoms with Crippen molar-refractivity contribution in [2.24, 2.45) is 5.10 Å². The lowest BCUT2D eigenvalue weighted by Gasteiger charge is -2.14. The van der Waals surface area contributed by atoms with Gasteiger partial charge in [-0.1, -0.05) is 24.3 Å². The number of rotatable bonds is 5. The number of phenolic OH excluding ortho intramolecular Hbond substituents is 1. The molecule has 0 spiro atoms. The van der Waals surface area contributed by atoms with Crippen molar-refractivity contribution in [3.63, 3.8) is 0 Å². The van der Waals surface area contributed by atoms with Crippen molar-refractivity contribution in [2.45, 2.75) is 6.54 Å². The Hall–Kier alpha value is -3.80. The maximum atomic E-state index is 12.8. The summed E-state index contributed by atoms with van der Waals surface area (Å²) in [5.41, 5.74) is 3.63. The van der Waals surface area contributed by atoms with E-state index in [0.717, 1.165) is 0 Å². The molecule has 0 fully saturated rings. The number of benzene rings is 3. The van der Waals surface area contributed by atoms with E-state index in [9.17, 15) is 19.6 Å². The number of phenols is 1. The van der Waals surface area contributed by atoms with Gasteiger partial charge in [0.1, 0.15) is 6.54 Å². The van der Waals surface area contributed by atoms with Crippen LogP contribution in [0.4, 0.5) is 5.69 Å². The number of nitrogens with one attached hydrogen (secondary N) is 1. The molecule has 1 amide bonds. The van der Waals surface area contributed by atoms with Gasteiger partial charge in [-0.2, -0.15) is 5.10 Å². The van der Waals surface area contributed by atoms with Crippen LogP contribution in [0.2, 0.25) is 0 Å².